The molecule has 2 unspecified atom stereocenters. The van der Waals surface area contributed by atoms with Crippen molar-refractivity contribution in [3.05, 3.63) is 58.7 Å². The molecule has 2 aromatic carbocycles. The van der Waals surface area contributed by atoms with E-state index in [1.165, 1.54) is 19.2 Å². The van der Waals surface area contributed by atoms with Gasteiger partial charge in [-0.05, 0) is 54.0 Å². The summed E-state index contributed by atoms with van der Waals surface area (Å²) in [5.41, 5.74) is -3.06. The molecule has 5 nitrogen and oxygen atoms in total. The Balaban J connectivity index is 1.59. The van der Waals surface area contributed by atoms with Gasteiger partial charge in [0.2, 0.25) is 10.0 Å². The quantitative estimate of drug-likeness (QED) is 0.494. The number of aliphatic hydroxyl groups is 1. The second-order valence-electron chi connectivity index (χ2n) is 10.3. The molecule has 0 aliphatic carbocycles. The van der Waals surface area contributed by atoms with Gasteiger partial charge in [-0.2, -0.15) is 30.6 Å². The first-order valence-electron chi connectivity index (χ1n) is 12.3. The highest BCUT2D eigenvalue weighted by Gasteiger charge is 2.71. The van der Waals surface area contributed by atoms with E-state index in [1.807, 2.05) is 19.1 Å². The summed E-state index contributed by atoms with van der Waals surface area (Å²) in [7, 11) is -3.27. The third-order valence-corrected chi connectivity index (χ3v) is 8.95. The molecule has 2 saturated heterocycles. The van der Waals surface area contributed by atoms with E-state index in [2.05, 4.69) is 4.90 Å². The van der Waals surface area contributed by atoms with Crippen LogP contribution in [0.5, 0.6) is 0 Å². The van der Waals surface area contributed by atoms with Crippen molar-refractivity contribution in [1.29, 1.82) is 0 Å². The highest BCUT2D eigenvalue weighted by molar-refractivity contribution is 7.88. The zero-order valence-electron chi connectivity index (χ0n) is 21.2. The lowest BCUT2D eigenvalue weighted by atomic mass is 9.87. The minimum Gasteiger partial charge on any atom is -0.369 e. The van der Waals surface area contributed by atoms with E-state index < -0.39 is 33.5 Å². The van der Waals surface area contributed by atoms with Gasteiger partial charge < -0.3 is 5.11 Å². The van der Waals surface area contributed by atoms with Crippen LogP contribution in [-0.4, -0.2) is 66.5 Å². The molecular formula is C26H30F6N2O3S. The molecule has 4 rings (SSSR count). The van der Waals surface area contributed by atoms with E-state index in [9.17, 15) is 39.9 Å². The van der Waals surface area contributed by atoms with Gasteiger partial charge in [0.05, 0.1) is 6.26 Å². The zero-order chi connectivity index (χ0) is 28.3. The van der Waals surface area contributed by atoms with Crippen LogP contribution in [0.1, 0.15) is 42.0 Å². The van der Waals surface area contributed by atoms with Crippen LogP contribution in [0.25, 0.3) is 11.1 Å². The van der Waals surface area contributed by atoms with E-state index in [4.69, 9.17) is 0 Å². The first kappa shape index (κ1) is 28.8. The summed E-state index contributed by atoms with van der Waals surface area (Å²) in [5.74, 6) is 0. The van der Waals surface area contributed by atoms with Crippen LogP contribution in [0.4, 0.5) is 26.3 Å². The summed E-state index contributed by atoms with van der Waals surface area (Å²) in [6.45, 7) is 5.16. The van der Waals surface area contributed by atoms with Crippen molar-refractivity contribution in [3.8, 4) is 11.1 Å². The number of aryl methyl sites for hydroxylation is 2. The number of sulfonamides is 1. The van der Waals surface area contributed by atoms with Gasteiger partial charge in [-0.15, -0.1) is 0 Å². The van der Waals surface area contributed by atoms with Crippen molar-refractivity contribution >= 4 is 10.0 Å². The third-order valence-electron chi connectivity index (χ3n) is 7.59. The molecule has 0 spiro atoms. The lowest BCUT2D eigenvalue weighted by Crippen LogP contribution is -2.54. The van der Waals surface area contributed by atoms with Crippen LogP contribution in [0.2, 0.25) is 0 Å². The molecule has 0 amide bonds. The second-order valence-corrected chi connectivity index (χ2v) is 12.1. The fraction of sp³-hybridized carbons (Fsp3) is 0.538. The molecule has 2 aliphatic rings. The SMILES string of the molecule is CCc1cc(CN2CC3CCC(C2)N3S(C)(=O)=O)ccc1-c1ccc(C(O)(C(F)(F)F)C(F)(F)F)cc1C. The van der Waals surface area contributed by atoms with Crippen LogP contribution < -0.4 is 0 Å². The average Bonchev–Trinajstić information content (AvgIpc) is 3.09. The number of likely N-dealkylation sites (tertiary alicyclic amines) is 1. The maximum atomic E-state index is 13.3. The number of hydrogen-bond acceptors (Lipinski definition) is 4. The summed E-state index contributed by atoms with van der Waals surface area (Å²) in [6, 6.07) is 8.13. The maximum Gasteiger partial charge on any atom is 0.430 e. The molecule has 38 heavy (non-hydrogen) atoms. The Labute approximate surface area is 218 Å². The minimum absolute atomic E-state index is 0.0538. The monoisotopic (exact) mass is 564 g/mol. The molecule has 2 heterocycles. The number of fused-ring (bicyclic) bond motifs is 2. The van der Waals surface area contributed by atoms with E-state index in [0.29, 0.717) is 43.2 Å². The zero-order valence-corrected chi connectivity index (χ0v) is 22.0. The predicted molar refractivity (Wildman–Crippen MR) is 131 cm³/mol. The van der Waals surface area contributed by atoms with Crippen molar-refractivity contribution in [2.45, 2.75) is 69.7 Å². The van der Waals surface area contributed by atoms with Crippen molar-refractivity contribution in [2.75, 3.05) is 19.3 Å². The van der Waals surface area contributed by atoms with Gasteiger partial charge in [0.25, 0.3) is 5.60 Å². The molecule has 12 heteroatoms. The molecule has 2 fully saturated rings. The second kappa shape index (κ2) is 9.79. The Morgan fingerprint density at radius 3 is 1.95 bits per heavy atom. The molecule has 2 bridgehead atoms. The van der Waals surface area contributed by atoms with E-state index in [-0.39, 0.29) is 17.6 Å². The molecule has 1 N–H and O–H groups in total. The molecule has 210 valence electrons. The van der Waals surface area contributed by atoms with Crippen LogP contribution in [-0.2, 0) is 28.6 Å². The molecule has 2 aromatic rings. The van der Waals surface area contributed by atoms with E-state index in [0.717, 1.165) is 30.0 Å². The maximum absolute atomic E-state index is 13.3. The van der Waals surface area contributed by atoms with Crippen LogP contribution in [0, 0.1) is 6.92 Å². The van der Waals surface area contributed by atoms with Crippen molar-refractivity contribution in [2.24, 2.45) is 0 Å². The Morgan fingerprint density at radius 2 is 1.47 bits per heavy atom. The number of halogens is 6. The summed E-state index contributed by atoms with van der Waals surface area (Å²) in [5, 5.41) is 9.75. The number of nitrogens with zero attached hydrogens (tertiary/aromatic N) is 2. The largest absolute Gasteiger partial charge is 0.430 e. The van der Waals surface area contributed by atoms with Gasteiger partial charge in [0.15, 0.2) is 0 Å². The fourth-order valence-corrected chi connectivity index (χ4v) is 7.29. The number of alkyl halides is 6. The van der Waals surface area contributed by atoms with E-state index in [1.54, 1.807) is 10.4 Å². The minimum atomic E-state index is -5.94. The van der Waals surface area contributed by atoms with E-state index >= 15 is 0 Å². The van der Waals surface area contributed by atoms with Gasteiger partial charge in [-0.1, -0.05) is 43.3 Å². The standard InChI is InChI=1S/C26H30F6N2O3S/c1-4-18-12-17(13-33-14-20-7-8-21(15-33)34(20)38(3,36)37)5-9-23(18)22-10-6-19(11-16(22)2)24(35,25(27,28)29)26(30,31)32/h5-6,9-12,20-21,35H,4,7-8,13-15H2,1-3H3. The van der Waals surface area contributed by atoms with Crippen molar-refractivity contribution in [3.63, 3.8) is 0 Å². The highest BCUT2D eigenvalue weighted by Crippen LogP contribution is 2.50. The van der Waals surface area contributed by atoms with Crippen LogP contribution in [0.3, 0.4) is 0 Å². The molecule has 2 aliphatic heterocycles. The van der Waals surface area contributed by atoms with Gasteiger partial charge in [-0.3, -0.25) is 4.90 Å². The lowest BCUT2D eigenvalue weighted by molar-refractivity contribution is -0.376. The Kier molecular flexibility index (Phi) is 7.44. The predicted octanol–water partition coefficient (Wildman–Crippen LogP) is 5.14. The number of piperazine rings is 1. The third kappa shape index (κ3) is 5.07. The normalized spacial score (nSPS) is 21.7. The van der Waals surface area contributed by atoms with Crippen molar-refractivity contribution in [1.82, 2.24) is 9.21 Å². The van der Waals surface area contributed by atoms with Gasteiger partial charge in [0.1, 0.15) is 0 Å². The summed E-state index contributed by atoms with van der Waals surface area (Å²) < 4.78 is 106. The molecule has 0 radical (unpaired) electrons. The summed E-state index contributed by atoms with van der Waals surface area (Å²) in [4.78, 5) is 2.22. The van der Waals surface area contributed by atoms with Gasteiger partial charge >= 0.3 is 12.4 Å². The number of rotatable bonds is 6. The fourth-order valence-electron chi connectivity index (χ4n) is 5.86. The average molecular weight is 565 g/mol. The van der Waals surface area contributed by atoms with Gasteiger partial charge in [0, 0.05) is 37.3 Å². The number of benzene rings is 2. The van der Waals surface area contributed by atoms with Crippen LogP contribution in [0.15, 0.2) is 36.4 Å². The highest BCUT2D eigenvalue weighted by atomic mass is 32.2. The first-order valence-corrected chi connectivity index (χ1v) is 14.1. The summed E-state index contributed by atoms with van der Waals surface area (Å²) >= 11 is 0. The van der Waals surface area contributed by atoms with Gasteiger partial charge in [-0.25, -0.2) is 8.42 Å². The van der Waals surface area contributed by atoms with Crippen LogP contribution >= 0.6 is 0 Å². The molecule has 0 saturated carbocycles. The molecular weight excluding hydrogens is 534 g/mol. The Hall–Kier alpha value is -2.15. The summed E-state index contributed by atoms with van der Waals surface area (Å²) in [6.07, 6.45) is -8.43. The topological polar surface area (TPSA) is 60.9 Å². The number of hydrogen-bond donors (Lipinski definition) is 1. The molecule has 2 atom stereocenters. The lowest BCUT2D eigenvalue weighted by Gasteiger charge is -2.39. The molecule has 0 aromatic heterocycles. The Bertz CT molecular complexity index is 1280. The first-order chi connectivity index (χ1) is 17.5. The Morgan fingerprint density at radius 1 is 0.921 bits per heavy atom. The van der Waals surface area contributed by atoms with Crippen molar-refractivity contribution < 1.29 is 39.9 Å². The smallest absolute Gasteiger partial charge is 0.369 e.